The van der Waals surface area contributed by atoms with Crippen molar-refractivity contribution in [3.63, 3.8) is 0 Å². The first-order valence-corrected chi connectivity index (χ1v) is 4.36. The summed E-state index contributed by atoms with van der Waals surface area (Å²) in [5, 5.41) is 0. The van der Waals surface area contributed by atoms with Gasteiger partial charge in [-0.25, -0.2) is 0 Å². The Bertz CT molecular complexity index is 258. The summed E-state index contributed by atoms with van der Waals surface area (Å²) in [6.45, 7) is 12.1. The van der Waals surface area contributed by atoms with E-state index in [1.807, 2.05) is 19.9 Å². The summed E-state index contributed by atoms with van der Waals surface area (Å²) in [4.78, 5) is 0. The highest BCUT2D eigenvalue weighted by molar-refractivity contribution is 5.27. The zero-order valence-corrected chi connectivity index (χ0v) is 8.80. The Kier molecular flexibility index (Phi) is 4.43. The summed E-state index contributed by atoms with van der Waals surface area (Å²) < 4.78 is 0. The van der Waals surface area contributed by atoms with Crippen molar-refractivity contribution in [3.8, 4) is 0 Å². The molecule has 2 N–H and O–H groups in total. The first kappa shape index (κ1) is 11.9. The average molecular weight is 177 g/mol. The van der Waals surface area contributed by atoms with Gasteiger partial charge in [0, 0.05) is 5.54 Å². The number of aryl methyl sites for hydroxylation is 1. The van der Waals surface area contributed by atoms with Gasteiger partial charge in [0.2, 0.25) is 0 Å². The molecule has 0 aromatic heterocycles. The minimum absolute atomic E-state index is 0.216. The summed E-state index contributed by atoms with van der Waals surface area (Å²) >= 11 is 0. The first-order valence-electron chi connectivity index (χ1n) is 4.36. The van der Waals surface area contributed by atoms with Crippen molar-refractivity contribution < 1.29 is 0 Å². The van der Waals surface area contributed by atoms with E-state index in [1.54, 1.807) is 0 Å². The monoisotopic (exact) mass is 177 g/mol. The van der Waals surface area contributed by atoms with Crippen molar-refractivity contribution >= 4 is 0 Å². The molecule has 72 valence electrons. The van der Waals surface area contributed by atoms with Gasteiger partial charge < -0.3 is 5.73 Å². The zero-order valence-electron chi connectivity index (χ0n) is 8.80. The van der Waals surface area contributed by atoms with Gasteiger partial charge in [-0.15, -0.1) is 13.2 Å². The number of nitrogens with two attached hydrogens (primary N) is 1. The SMILES string of the molecule is C=C.Cc1cccc(C(C)(C)N)c1. The molecule has 1 heteroatoms. The van der Waals surface area contributed by atoms with Gasteiger partial charge in [0.1, 0.15) is 0 Å². The zero-order chi connectivity index (χ0) is 10.5. The van der Waals surface area contributed by atoms with Gasteiger partial charge >= 0.3 is 0 Å². The molecule has 13 heavy (non-hydrogen) atoms. The molecule has 1 aromatic carbocycles. The summed E-state index contributed by atoms with van der Waals surface area (Å²) in [7, 11) is 0. The van der Waals surface area contributed by atoms with Crippen molar-refractivity contribution in [2.24, 2.45) is 5.73 Å². The van der Waals surface area contributed by atoms with E-state index in [4.69, 9.17) is 5.73 Å². The van der Waals surface area contributed by atoms with Crippen LogP contribution < -0.4 is 5.73 Å². The molecule has 1 nitrogen and oxygen atoms in total. The predicted octanol–water partition coefficient (Wildman–Crippen LogP) is 2.99. The fourth-order valence-electron chi connectivity index (χ4n) is 1.05. The van der Waals surface area contributed by atoms with Crippen LogP contribution in [0.15, 0.2) is 37.4 Å². The van der Waals surface area contributed by atoms with Crippen molar-refractivity contribution in [2.45, 2.75) is 26.3 Å². The van der Waals surface area contributed by atoms with Crippen LogP contribution in [0.4, 0.5) is 0 Å². The Hall–Kier alpha value is -1.08. The van der Waals surface area contributed by atoms with E-state index >= 15 is 0 Å². The van der Waals surface area contributed by atoms with Crippen LogP contribution in [0.5, 0.6) is 0 Å². The number of benzene rings is 1. The smallest absolute Gasteiger partial charge is 0.0352 e. The maximum Gasteiger partial charge on any atom is 0.0352 e. The van der Waals surface area contributed by atoms with Gasteiger partial charge in [0.05, 0.1) is 0 Å². The van der Waals surface area contributed by atoms with Gasteiger partial charge in [-0.05, 0) is 26.3 Å². The lowest BCUT2D eigenvalue weighted by Gasteiger charge is -2.19. The summed E-state index contributed by atoms with van der Waals surface area (Å²) in [6.07, 6.45) is 0. The Labute approximate surface area is 81.3 Å². The van der Waals surface area contributed by atoms with Crippen LogP contribution >= 0.6 is 0 Å². The molecule has 0 heterocycles. The molecule has 0 bridgehead atoms. The lowest BCUT2D eigenvalue weighted by molar-refractivity contribution is 0.554. The molecule has 1 aromatic rings. The summed E-state index contributed by atoms with van der Waals surface area (Å²) in [6, 6.07) is 8.31. The number of rotatable bonds is 1. The van der Waals surface area contributed by atoms with Crippen LogP contribution in [-0.2, 0) is 5.54 Å². The molecule has 0 spiro atoms. The normalized spacial score (nSPS) is 10.2. The van der Waals surface area contributed by atoms with Crippen molar-refractivity contribution in [1.82, 2.24) is 0 Å². The van der Waals surface area contributed by atoms with E-state index in [1.165, 1.54) is 11.1 Å². The molecule has 0 fully saturated rings. The summed E-state index contributed by atoms with van der Waals surface area (Å²) in [5.74, 6) is 0. The van der Waals surface area contributed by atoms with E-state index in [9.17, 15) is 0 Å². The first-order chi connectivity index (χ1) is 6.00. The standard InChI is InChI=1S/C10H15N.C2H4/c1-8-5-4-6-9(7-8)10(2,3)11;1-2/h4-7H,11H2,1-3H3;1-2H2. The Morgan fingerprint density at radius 1 is 1.23 bits per heavy atom. The highest BCUT2D eigenvalue weighted by Gasteiger charge is 2.12. The van der Waals surface area contributed by atoms with E-state index in [-0.39, 0.29) is 5.54 Å². The molecule has 0 aliphatic rings. The maximum atomic E-state index is 5.93. The number of hydrogen-bond donors (Lipinski definition) is 1. The lowest BCUT2D eigenvalue weighted by Crippen LogP contribution is -2.28. The largest absolute Gasteiger partial charge is 0.322 e. The molecule has 0 amide bonds. The third-order valence-electron chi connectivity index (χ3n) is 1.76. The lowest BCUT2D eigenvalue weighted by atomic mass is 9.94. The topological polar surface area (TPSA) is 26.0 Å². The fraction of sp³-hybridized carbons (Fsp3) is 0.333. The molecular formula is C12H19N. The highest BCUT2D eigenvalue weighted by atomic mass is 14.7. The van der Waals surface area contributed by atoms with Gasteiger partial charge in [0.15, 0.2) is 0 Å². The van der Waals surface area contributed by atoms with Gasteiger partial charge in [0.25, 0.3) is 0 Å². The van der Waals surface area contributed by atoms with Crippen LogP contribution in [0.3, 0.4) is 0 Å². The molecule has 0 unspecified atom stereocenters. The second-order valence-corrected chi connectivity index (χ2v) is 3.59. The Morgan fingerprint density at radius 2 is 1.77 bits per heavy atom. The Morgan fingerprint density at radius 3 is 2.08 bits per heavy atom. The van der Waals surface area contributed by atoms with Crippen molar-refractivity contribution in [1.29, 1.82) is 0 Å². The van der Waals surface area contributed by atoms with Gasteiger partial charge in [-0.1, -0.05) is 29.8 Å². The average Bonchev–Trinajstić information content (AvgIpc) is 2.06. The number of hydrogen-bond acceptors (Lipinski definition) is 1. The molecule has 0 aliphatic heterocycles. The highest BCUT2D eigenvalue weighted by Crippen LogP contribution is 2.16. The third kappa shape index (κ3) is 3.90. The van der Waals surface area contributed by atoms with Gasteiger partial charge in [-0.3, -0.25) is 0 Å². The maximum absolute atomic E-state index is 5.93. The fourth-order valence-corrected chi connectivity index (χ4v) is 1.05. The molecule has 0 aliphatic carbocycles. The second kappa shape index (κ2) is 4.83. The van der Waals surface area contributed by atoms with Crippen LogP contribution in [0.2, 0.25) is 0 Å². The van der Waals surface area contributed by atoms with E-state index in [2.05, 4.69) is 38.3 Å². The summed E-state index contributed by atoms with van der Waals surface area (Å²) in [5.41, 5.74) is 8.17. The minimum atomic E-state index is -0.216. The van der Waals surface area contributed by atoms with Crippen LogP contribution in [-0.4, -0.2) is 0 Å². The van der Waals surface area contributed by atoms with Crippen molar-refractivity contribution in [2.75, 3.05) is 0 Å². The molecule has 0 atom stereocenters. The molecular weight excluding hydrogens is 158 g/mol. The molecule has 0 saturated carbocycles. The van der Waals surface area contributed by atoms with Crippen molar-refractivity contribution in [3.05, 3.63) is 48.6 Å². The molecule has 1 rings (SSSR count). The predicted molar refractivity (Wildman–Crippen MR) is 59.6 cm³/mol. The van der Waals surface area contributed by atoms with Crippen LogP contribution in [0, 0.1) is 6.92 Å². The van der Waals surface area contributed by atoms with E-state index in [0.29, 0.717) is 0 Å². The van der Waals surface area contributed by atoms with Gasteiger partial charge in [-0.2, -0.15) is 0 Å². The Balaban J connectivity index is 0.000000671. The molecule has 0 radical (unpaired) electrons. The third-order valence-corrected chi connectivity index (χ3v) is 1.76. The van der Waals surface area contributed by atoms with E-state index in [0.717, 1.165) is 0 Å². The van der Waals surface area contributed by atoms with E-state index < -0.39 is 0 Å². The minimum Gasteiger partial charge on any atom is -0.322 e. The van der Waals surface area contributed by atoms with Crippen LogP contribution in [0.25, 0.3) is 0 Å². The molecule has 0 saturated heterocycles. The second-order valence-electron chi connectivity index (χ2n) is 3.59. The van der Waals surface area contributed by atoms with Crippen LogP contribution in [0.1, 0.15) is 25.0 Å². The quantitative estimate of drug-likeness (QED) is 0.656.